The summed E-state index contributed by atoms with van der Waals surface area (Å²) in [6.07, 6.45) is -0.413. The van der Waals surface area contributed by atoms with Gasteiger partial charge in [-0.2, -0.15) is 30.0 Å². The molecule has 0 amide bonds. The summed E-state index contributed by atoms with van der Waals surface area (Å²) in [7, 11) is 0. The first-order valence-corrected chi connectivity index (χ1v) is 10.1. The van der Waals surface area contributed by atoms with Crippen LogP contribution in [0.4, 0.5) is 19.0 Å². The van der Waals surface area contributed by atoms with Gasteiger partial charge in [-0.15, -0.1) is 0 Å². The summed E-state index contributed by atoms with van der Waals surface area (Å²) in [5.74, 6) is 3.15. The van der Waals surface area contributed by atoms with E-state index < -0.39 is 11.7 Å². The Morgan fingerprint density at radius 1 is 1.15 bits per heavy atom. The van der Waals surface area contributed by atoms with E-state index in [1.54, 1.807) is 4.68 Å². The van der Waals surface area contributed by atoms with Crippen LogP contribution in [0.25, 0.3) is 5.69 Å². The molecule has 0 bridgehead atoms. The van der Waals surface area contributed by atoms with Gasteiger partial charge in [0.1, 0.15) is 5.82 Å². The van der Waals surface area contributed by atoms with Gasteiger partial charge in [0.15, 0.2) is 0 Å². The number of hydrogen-bond acceptors (Lipinski definition) is 3. The Hall–Kier alpha value is -1.63. The SMILES string of the molecule is Cc1cc(N2CCC(SCC3CC3)C2)n(-c2ccc(C(F)(F)F)cc2)n1. The molecule has 1 aliphatic heterocycles. The first kappa shape index (κ1) is 17.8. The second-order valence-corrected chi connectivity index (χ2v) is 8.57. The highest BCUT2D eigenvalue weighted by Crippen LogP contribution is 2.37. The van der Waals surface area contributed by atoms with Crippen molar-refractivity contribution in [1.29, 1.82) is 0 Å². The van der Waals surface area contributed by atoms with Crippen molar-refractivity contribution in [1.82, 2.24) is 9.78 Å². The molecule has 1 saturated heterocycles. The molecule has 1 atom stereocenters. The monoisotopic (exact) mass is 381 g/mol. The molecule has 2 heterocycles. The van der Waals surface area contributed by atoms with Crippen LogP contribution in [-0.4, -0.2) is 33.9 Å². The molecule has 1 unspecified atom stereocenters. The number of thioether (sulfide) groups is 1. The lowest BCUT2D eigenvalue weighted by atomic mass is 10.2. The second kappa shape index (κ2) is 6.83. The Morgan fingerprint density at radius 3 is 2.54 bits per heavy atom. The molecule has 140 valence electrons. The summed E-state index contributed by atoms with van der Waals surface area (Å²) in [4.78, 5) is 2.31. The van der Waals surface area contributed by atoms with Gasteiger partial charge in [-0.3, -0.25) is 0 Å². The van der Waals surface area contributed by atoms with E-state index in [1.165, 1.54) is 30.7 Å². The summed E-state index contributed by atoms with van der Waals surface area (Å²) < 4.78 is 40.2. The van der Waals surface area contributed by atoms with E-state index in [9.17, 15) is 13.2 Å². The van der Waals surface area contributed by atoms with Crippen molar-refractivity contribution in [2.24, 2.45) is 5.92 Å². The van der Waals surface area contributed by atoms with E-state index in [-0.39, 0.29) is 0 Å². The van der Waals surface area contributed by atoms with E-state index >= 15 is 0 Å². The van der Waals surface area contributed by atoms with Gasteiger partial charge in [0, 0.05) is 24.4 Å². The highest BCUT2D eigenvalue weighted by atomic mass is 32.2. The molecule has 0 radical (unpaired) electrons. The highest BCUT2D eigenvalue weighted by Gasteiger charge is 2.31. The van der Waals surface area contributed by atoms with Gasteiger partial charge in [-0.25, -0.2) is 4.68 Å². The highest BCUT2D eigenvalue weighted by molar-refractivity contribution is 7.99. The third-order valence-electron chi connectivity index (χ3n) is 4.99. The Balaban J connectivity index is 1.51. The summed E-state index contributed by atoms with van der Waals surface area (Å²) in [5, 5.41) is 5.14. The normalized spacial score (nSPS) is 20.8. The van der Waals surface area contributed by atoms with Crippen LogP contribution in [0.15, 0.2) is 30.3 Å². The quantitative estimate of drug-likeness (QED) is 0.733. The average Bonchev–Trinajstić information content (AvgIpc) is 3.17. The molecule has 2 aromatic rings. The van der Waals surface area contributed by atoms with E-state index in [0.717, 1.165) is 49.1 Å². The Bertz CT molecular complexity index is 765. The van der Waals surface area contributed by atoms with Crippen molar-refractivity contribution in [3.8, 4) is 5.69 Å². The van der Waals surface area contributed by atoms with Gasteiger partial charge in [0.05, 0.1) is 16.9 Å². The molecule has 7 heteroatoms. The van der Waals surface area contributed by atoms with Crippen LogP contribution in [0.2, 0.25) is 0 Å². The number of alkyl halides is 3. The molecule has 4 rings (SSSR count). The fourth-order valence-electron chi connectivity index (χ4n) is 3.32. The number of benzene rings is 1. The van der Waals surface area contributed by atoms with Crippen LogP contribution in [-0.2, 0) is 6.18 Å². The summed E-state index contributed by atoms with van der Waals surface area (Å²) in [6, 6.07) is 7.25. The van der Waals surface area contributed by atoms with Gasteiger partial charge >= 0.3 is 6.18 Å². The number of aryl methyl sites for hydroxylation is 1. The lowest BCUT2D eigenvalue weighted by Crippen LogP contribution is -2.23. The van der Waals surface area contributed by atoms with Crippen molar-refractivity contribution in [3.63, 3.8) is 0 Å². The van der Waals surface area contributed by atoms with E-state index in [4.69, 9.17) is 0 Å². The fourth-order valence-corrected chi connectivity index (χ4v) is 4.76. The standard InChI is InChI=1S/C19H22F3N3S/c1-13-10-18(24-9-8-17(11-24)26-12-14-2-3-14)25(23-13)16-6-4-15(5-7-16)19(20,21)22/h4-7,10,14,17H,2-3,8-9,11-12H2,1H3. The molecule has 1 saturated carbocycles. The van der Waals surface area contributed by atoms with Gasteiger partial charge in [-0.1, -0.05) is 0 Å². The van der Waals surface area contributed by atoms with Gasteiger partial charge in [0.2, 0.25) is 0 Å². The largest absolute Gasteiger partial charge is 0.416 e. The molecule has 2 fully saturated rings. The van der Waals surface area contributed by atoms with Gasteiger partial charge in [0.25, 0.3) is 0 Å². The maximum Gasteiger partial charge on any atom is 0.416 e. The maximum absolute atomic E-state index is 12.8. The molecule has 3 nitrogen and oxygen atoms in total. The zero-order valence-electron chi connectivity index (χ0n) is 14.7. The molecule has 2 aliphatic rings. The topological polar surface area (TPSA) is 21.1 Å². The van der Waals surface area contributed by atoms with Crippen LogP contribution in [0, 0.1) is 12.8 Å². The Morgan fingerprint density at radius 2 is 1.88 bits per heavy atom. The predicted octanol–water partition coefficient (Wildman–Crippen LogP) is 4.92. The lowest BCUT2D eigenvalue weighted by molar-refractivity contribution is -0.137. The minimum atomic E-state index is -4.32. The average molecular weight is 381 g/mol. The van der Waals surface area contributed by atoms with Crippen molar-refractivity contribution in [3.05, 3.63) is 41.6 Å². The zero-order chi connectivity index (χ0) is 18.3. The molecule has 0 N–H and O–H groups in total. The van der Waals surface area contributed by atoms with Crippen molar-refractivity contribution >= 4 is 17.6 Å². The molecular formula is C19H22F3N3S. The molecule has 1 aromatic heterocycles. The fraction of sp³-hybridized carbons (Fsp3) is 0.526. The van der Waals surface area contributed by atoms with Crippen molar-refractivity contribution in [2.45, 2.75) is 37.6 Å². The van der Waals surface area contributed by atoms with E-state index in [0.29, 0.717) is 10.9 Å². The van der Waals surface area contributed by atoms with Gasteiger partial charge < -0.3 is 4.90 Å². The maximum atomic E-state index is 12.8. The van der Waals surface area contributed by atoms with Gasteiger partial charge in [-0.05, 0) is 62.1 Å². The van der Waals surface area contributed by atoms with Crippen molar-refractivity contribution < 1.29 is 13.2 Å². The van der Waals surface area contributed by atoms with E-state index in [1.807, 2.05) is 13.0 Å². The number of aromatic nitrogens is 2. The number of anilines is 1. The predicted molar refractivity (Wildman–Crippen MR) is 99.1 cm³/mol. The molecule has 0 spiro atoms. The minimum absolute atomic E-state index is 0.631. The molecule has 26 heavy (non-hydrogen) atoms. The second-order valence-electron chi connectivity index (χ2n) is 7.23. The summed E-state index contributed by atoms with van der Waals surface area (Å²) >= 11 is 2.07. The first-order valence-electron chi connectivity index (χ1n) is 9.01. The molecule has 1 aromatic carbocycles. The smallest absolute Gasteiger partial charge is 0.355 e. The van der Waals surface area contributed by atoms with Crippen LogP contribution in [0.3, 0.4) is 0 Å². The van der Waals surface area contributed by atoms with Crippen molar-refractivity contribution in [2.75, 3.05) is 23.7 Å². The molecular weight excluding hydrogens is 359 g/mol. The van der Waals surface area contributed by atoms with Crippen LogP contribution < -0.4 is 4.90 Å². The minimum Gasteiger partial charge on any atom is -0.355 e. The van der Waals surface area contributed by atoms with E-state index in [2.05, 4.69) is 21.8 Å². The number of hydrogen-bond donors (Lipinski definition) is 0. The third kappa shape index (κ3) is 3.87. The third-order valence-corrected chi connectivity index (χ3v) is 6.51. The number of nitrogens with zero attached hydrogens (tertiary/aromatic N) is 3. The Labute approximate surface area is 155 Å². The van der Waals surface area contributed by atoms with Crippen LogP contribution in [0.5, 0.6) is 0 Å². The summed E-state index contributed by atoms with van der Waals surface area (Å²) in [5.41, 5.74) is 0.897. The first-order chi connectivity index (χ1) is 12.4. The summed E-state index contributed by atoms with van der Waals surface area (Å²) in [6.45, 7) is 3.86. The number of halogens is 3. The molecule has 1 aliphatic carbocycles. The Kier molecular flexibility index (Phi) is 4.67. The number of rotatable bonds is 5. The lowest BCUT2D eigenvalue weighted by Gasteiger charge is -2.20. The van der Waals surface area contributed by atoms with Crippen LogP contribution in [0.1, 0.15) is 30.5 Å². The zero-order valence-corrected chi connectivity index (χ0v) is 15.5. The van der Waals surface area contributed by atoms with Crippen LogP contribution >= 0.6 is 11.8 Å².